The number of hydrogen-bond donors (Lipinski definition) is 4. The number of thiol groups is 1. The number of carbonyl (C=O) groups is 1. The molecule has 2 aromatic heterocycles. The molecule has 0 aromatic carbocycles. The third-order valence-corrected chi connectivity index (χ3v) is 4.30. The molecule has 1 aliphatic heterocycles. The van der Waals surface area contributed by atoms with E-state index in [1.165, 1.54) is 6.33 Å². The van der Waals surface area contributed by atoms with Gasteiger partial charge in [0.2, 0.25) is 5.95 Å². The van der Waals surface area contributed by atoms with Crippen molar-refractivity contribution in [2.24, 2.45) is 0 Å². The van der Waals surface area contributed by atoms with E-state index in [2.05, 4.69) is 50.1 Å². The van der Waals surface area contributed by atoms with Gasteiger partial charge in [-0.3, -0.25) is 4.79 Å². The minimum Gasteiger partial charge on any atom is -0.347 e. The summed E-state index contributed by atoms with van der Waals surface area (Å²) in [6, 6.07) is 0.141. The number of H-pyrrole nitrogens is 1. The molecule has 10 heteroatoms. The second-order valence-electron chi connectivity index (χ2n) is 6.17. The SMILES string of the molecule is CC(CN1c2nc[nH]c2C(=O)NC1S)NCc1cnc(N(C)C)nc1. The summed E-state index contributed by atoms with van der Waals surface area (Å²) in [5, 5.41) is 6.22. The Morgan fingerprint density at radius 3 is 2.76 bits per heavy atom. The smallest absolute Gasteiger partial charge is 0.273 e. The predicted molar refractivity (Wildman–Crippen MR) is 98.8 cm³/mol. The molecule has 0 fully saturated rings. The van der Waals surface area contributed by atoms with Crippen molar-refractivity contribution in [3.63, 3.8) is 0 Å². The molecule has 0 radical (unpaired) electrons. The van der Waals surface area contributed by atoms with Gasteiger partial charge in [-0.2, -0.15) is 0 Å². The maximum absolute atomic E-state index is 11.9. The Labute approximate surface area is 151 Å². The lowest BCUT2D eigenvalue weighted by atomic mass is 10.2. The number of carbonyl (C=O) groups excluding carboxylic acids is 1. The van der Waals surface area contributed by atoms with Gasteiger partial charge in [0.1, 0.15) is 11.2 Å². The largest absolute Gasteiger partial charge is 0.347 e. The van der Waals surface area contributed by atoms with Crippen LogP contribution in [0.25, 0.3) is 0 Å². The van der Waals surface area contributed by atoms with E-state index in [0.29, 0.717) is 30.5 Å². The average Bonchev–Trinajstić information content (AvgIpc) is 3.07. The lowest BCUT2D eigenvalue weighted by molar-refractivity contribution is 0.0937. The molecule has 0 bridgehead atoms. The maximum Gasteiger partial charge on any atom is 0.273 e. The molecule has 1 amide bonds. The quantitative estimate of drug-likeness (QED) is 0.545. The van der Waals surface area contributed by atoms with Crippen LogP contribution in [0.4, 0.5) is 11.8 Å². The van der Waals surface area contributed by atoms with Crippen LogP contribution in [0.1, 0.15) is 23.0 Å². The first-order chi connectivity index (χ1) is 12.0. The molecule has 2 unspecified atom stereocenters. The van der Waals surface area contributed by atoms with Gasteiger partial charge in [0, 0.05) is 51.2 Å². The van der Waals surface area contributed by atoms with Gasteiger partial charge in [-0.1, -0.05) is 0 Å². The van der Waals surface area contributed by atoms with Crippen LogP contribution in [0.2, 0.25) is 0 Å². The highest BCUT2D eigenvalue weighted by atomic mass is 32.1. The van der Waals surface area contributed by atoms with Crippen LogP contribution in [0.5, 0.6) is 0 Å². The molecule has 2 aromatic rings. The molecule has 2 atom stereocenters. The van der Waals surface area contributed by atoms with Crippen molar-refractivity contribution in [2.75, 3.05) is 30.4 Å². The number of nitrogens with one attached hydrogen (secondary N) is 3. The Balaban J connectivity index is 1.58. The maximum atomic E-state index is 11.9. The van der Waals surface area contributed by atoms with Gasteiger partial charge >= 0.3 is 0 Å². The van der Waals surface area contributed by atoms with Crippen molar-refractivity contribution in [1.29, 1.82) is 0 Å². The lowest BCUT2D eigenvalue weighted by Crippen LogP contribution is -2.53. The van der Waals surface area contributed by atoms with E-state index in [0.717, 1.165) is 5.56 Å². The van der Waals surface area contributed by atoms with E-state index in [-0.39, 0.29) is 11.9 Å². The third-order valence-electron chi connectivity index (χ3n) is 3.89. The predicted octanol–water partition coefficient (Wildman–Crippen LogP) is 0.207. The monoisotopic (exact) mass is 362 g/mol. The molecule has 0 spiro atoms. The standard InChI is InChI=1S/C15H22N8OS/c1-9(16-4-10-5-17-14(18-6-10)22(2)3)7-23-12-11(19-8-20-12)13(24)21-15(23)25/h5-6,8-9,15-16,25H,4,7H2,1-3H3,(H,19,20)(H,21,24). The lowest BCUT2D eigenvalue weighted by Gasteiger charge is -2.35. The molecule has 25 heavy (non-hydrogen) atoms. The first kappa shape index (κ1) is 17.5. The minimum atomic E-state index is -0.407. The van der Waals surface area contributed by atoms with E-state index in [9.17, 15) is 4.79 Å². The summed E-state index contributed by atoms with van der Waals surface area (Å²) in [5.74, 6) is 1.11. The number of aromatic nitrogens is 4. The van der Waals surface area contributed by atoms with Crippen LogP contribution < -0.4 is 20.4 Å². The number of hydrogen-bond acceptors (Lipinski definition) is 8. The van der Waals surface area contributed by atoms with E-state index in [1.54, 1.807) is 0 Å². The van der Waals surface area contributed by atoms with Crippen LogP contribution >= 0.6 is 12.6 Å². The molecule has 3 heterocycles. The van der Waals surface area contributed by atoms with Crippen molar-refractivity contribution >= 4 is 30.3 Å². The molecule has 0 aliphatic carbocycles. The molecule has 134 valence electrons. The van der Waals surface area contributed by atoms with Crippen molar-refractivity contribution in [3.05, 3.63) is 30.0 Å². The molecule has 1 aliphatic rings. The number of aromatic amines is 1. The van der Waals surface area contributed by atoms with Gasteiger partial charge in [0.25, 0.3) is 5.91 Å². The Morgan fingerprint density at radius 2 is 2.08 bits per heavy atom. The van der Waals surface area contributed by atoms with Crippen LogP contribution in [-0.4, -0.2) is 58.0 Å². The van der Waals surface area contributed by atoms with Gasteiger partial charge in [-0.25, -0.2) is 15.0 Å². The summed E-state index contributed by atoms with van der Waals surface area (Å²) in [6.07, 6.45) is 5.15. The summed E-state index contributed by atoms with van der Waals surface area (Å²) in [5.41, 5.74) is 1.06. The molecular weight excluding hydrogens is 340 g/mol. The van der Waals surface area contributed by atoms with E-state index < -0.39 is 5.50 Å². The Hall–Kier alpha value is -2.33. The Morgan fingerprint density at radius 1 is 1.36 bits per heavy atom. The van der Waals surface area contributed by atoms with Gasteiger partial charge < -0.3 is 25.4 Å². The number of anilines is 2. The number of amides is 1. The Kier molecular flexibility index (Phi) is 5.09. The molecule has 3 rings (SSSR count). The van der Waals surface area contributed by atoms with E-state index >= 15 is 0 Å². The zero-order valence-electron chi connectivity index (χ0n) is 14.4. The highest BCUT2D eigenvalue weighted by Gasteiger charge is 2.31. The second kappa shape index (κ2) is 7.28. The summed E-state index contributed by atoms with van der Waals surface area (Å²) in [7, 11) is 3.81. The number of imidazole rings is 1. The third kappa shape index (κ3) is 3.85. The van der Waals surface area contributed by atoms with Crippen molar-refractivity contribution in [1.82, 2.24) is 30.6 Å². The first-order valence-corrected chi connectivity index (χ1v) is 8.48. The fourth-order valence-electron chi connectivity index (χ4n) is 2.56. The normalized spacial score (nSPS) is 17.8. The van der Waals surface area contributed by atoms with Crippen LogP contribution in [0, 0.1) is 0 Å². The van der Waals surface area contributed by atoms with E-state index in [1.807, 2.05) is 36.3 Å². The zero-order chi connectivity index (χ0) is 18.0. The molecular formula is C15H22N8OS. The van der Waals surface area contributed by atoms with Crippen molar-refractivity contribution in [3.8, 4) is 0 Å². The molecule has 9 nitrogen and oxygen atoms in total. The van der Waals surface area contributed by atoms with Gasteiger partial charge in [-0.15, -0.1) is 12.6 Å². The zero-order valence-corrected chi connectivity index (χ0v) is 15.3. The summed E-state index contributed by atoms with van der Waals surface area (Å²) in [4.78, 5) is 31.4. The summed E-state index contributed by atoms with van der Waals surface area (Å²) in [6.45, 7) is 3.36. The van der Waals surface area contributed by atoms with Gasteiger partial charge in [-0.05, 0) is 6.92 Å². The van der Waals surface area contributed by atoms with Crippen LogP contribution in [-0.2, 0) is 6.54 Å². The Bertz CT molecular complexity index is 731. The van der Waals surface area contributed by atoms with E-state index in [4.69, 9.17) is 0 Å². The van der Waals surface area contributed by atoms with Crippen molar-refractivity contribution in [2.45, 2.75) is 25.0 Å². The van der Waals surface area contributed by atoms with Crippen LogP contribution in [0.15, 0.2) is 18.7 Å². The number of fused-ring (bicyclic) bond motifs is 1. The fourth-order valence-corrected chi connectivity index (χ4v) is 2.88. The molecule has 0 saturated heterocycles. The van der Waals surface area contributed by atoms with Gasteiger partial charge in [0.15, 0.2) is 5.82 Å². The average molecular weight is 362 g/mol. The molecule has 3 N–H and O–H groups in total. The highest BCUT2D eigenvalue weighted by molar-refractivity contribution is 7.81. The topological polar surface area (TPSA) is 102 Å². The van der Waals surface area contributed by atoms with Gasteiger partial charge in [0.05, 0.1) is 6.33 Å². The van der Waals surface area contributed by atoms with Crippen LogP contribution in [0.3, 0.4) is 0 Å². The minimum absolute atomic E-state index is 0.141. The summed E-state index contributed by atoms with van der Waals surface area (Å²) >= 11 is 4.45. The number of nitrogens with zero attached hydrogens (tertiary/aromatic N) is 5. The fraction of sp³-hybridized carbons (Fsp3) is 0.467. The number of rotatable bonds is 6. The van der Waals surface area contributed by atoms with Crippen molar-refractivity contribution < 1.29 is 4.79 Å². The molecule has 0 saturated carbocycles. The highest BCUT2D eigenvalue weighted by Crippen LogP contribution is 2.24. The summed E-state index contributed by atoms with van der Waals surface area (Å²) < 4.78 is 0. The first-order valence-electron chi connectivity index (χ1n) is 7.96. The second-order valence-corrected chi connectivity index (χ2v) is 6.66.